The Kier molecular flexibility index (Phi) is 5.86. The third-order valence-corrected chi connectivity index (χ3v) is 4.70. The van der Waals surface area contributed by atoms with Gasteiger partial charge in [-0.1, -0.05) is 30.3 Å². The molecular weight excluding hydrogens is 324 g/mol. The number of nitrogens with zero attached hydrogens (tertiary/aromatic N) is 1. The fraction of sp³-hybridized carbons (Fsp3) is 0.364. The Hall–Kier alpha value is -2.62. The zero-order valence-electron chi connectivity index (χ0n) is 16.5. The summed E-state index contributed by atoms with van der Waals surface area (Å²) in [7, 11) is 0. The molecule has 1 N–H and O–H groups in total. The normalized spacial score (nSPS) is 11.2. The summed E-state index contributed by atoms with van der Waals surface area (Å²) in [6.45, 7) is 11.7. The van der Waals surface area contributed by atoms with Gasteiger partial charge in [0.2, 0.25) is 11.8 Å². The van der Waals surface area contributed by atoms with Crippen LogP contribution in [-0.2, 0) is 9.59 Å². The molecule has 0 aliphatic carbocycles. The van der Waals surface area contributed by atoms with Crippen molar-refractivity contribution in [2.24, 2.45) is 5.41 Å². The third kappa shape index (κ3) is 3.96. The van der Waals surface area contributed by atoms with E-state index in [1.807, 2.05) is 70.2 Å². The van der Waals surface area contributed by atoms with Gasteiger partial charge < -0.3 is 10.2 Å². The van der Waals surface area contributed by atoms with Gasteiger partial charge in [-0.25, -0.2) is 0 Å². The molecule has 4 nitrogen and oxygen atoms in total. The number of benzene rings is 2. The molecule has 2 amide bonds. The Labute approximate surface area is 156 Å². The number of anilines is 2. The highest BCUT2D eigenvalue weighted by Gasteiger charge is 2.39. The van der Waals surface area contributed by atoms with Crippen molar-refractivity contribution in [3.05, 3.63) is 59.2 Å². The molecule has 0 atom stereocenters. The molecule has 0 heterocycles. The van der Waals surface area contributed by atoms with Gasteiger partial charge in [0.15, 0.2) is 0 Å². The van der Waals surface area contributed by atoms with Crippen LogP contribution < -0.4 is 10.2 Å². The summed E-state index contributed by atoms with van der Waals surface area (Å²) in [6.07, 6.45) is 0. The monoisotopic (exact) mass is 352 g/mol. The van der Waals surface area contributed by atoms with Gasteiger partial charge in [0.1, 0.15) is 5.41 Å². The number of amides is 2. The number of hydrogen-bond acceptors (Lipinski definition) is 2. The number of nitrogens with one attached hydrogen (secondary N) is 1. The molecule has 2 aromatic carbocycles. The molecule has 2 rings (SSSR count). The number of carbonyl (C=O) groups is 2. The van der Waals surface area contributed by atoms with Crippen LogP contribution in [0.2, 0.25) is 0 Å². The first-order chi connectivity index (χ1) is 12.2. The second kappa shape index (κ2) is 7.73. The van der Waals surface area contributed by atoms with Crippen molar-refractivity contribution in [1.29, 1.82) is 0 Å². The van der Waals surface area contributed by atoms with Gasteiger partial charge in [-0.05, 0) is 70.4 Å². The Morgan fingerprint density at radius 2 is 1.58 bits per heavy atom. The van der Waals surface area contributed by atoms with E-state index in [-0.39, 0.29) is 11.8 Å². The third-order valence-electron chi connectivity index (χ3n) is 4.70. The van der Waals surface area contributed by atoms with E-state index in [0.717, 1.165) is 28.1 Å². The molecule has 0 spiro atoms. The Morgan fingerprint density at radius 3 is 2.12 bits per heavy atom. The molecule has 0 radical (unpaired) electrons. The fourth-order valence-corrected chi connectivity index (χ4v) is 2.96. The van der Waals surface area contributed by atoms with Crippen LogP contribution in [0.25, 0.3) is 0 Å². The van der Waals surface area contributed by atoms with Gasteiger partial charge in [0, 0.05) is 17.9 Å². The van der Waals surface area contributed by atoms with Crippen LogP contribution in [0.5, 0.6) is 0 Å². The van der Waals surface area contributed by atoms with E-state index >= 15 is 0 Å². The number of aryl methyl sites for hydroxylation is 3. The second-order valence-electron chi connectivity index (χ2n) is 7.23. The van der Waals surface area contributed by atoms with Crippen LogP contribution >= 0.6 is 0 Å². The summed E-state index contributed by atoms with van der Waals surface area (Å²) in [6, 6.07) is 13.6. The van der Waals surface area contributed by atoms with Crippen molar-refractivity contribution < 1.29 is 9.59 Å². The Balaban J connectivity index is 2.29. The predicted molar refractivity (Wildman–Crippen MR) is 108 cm³/mol. The van der Waals surface area contributed by atoms with Crippen LogP contribution in [0.4, 0.5) is 11.4 Å². The SMILES string of the molecule is CCN(C(=O)C(C)(C)C(=O)Nc1c(C)cccc1C)c1cccc(C)c1. The van der Waals surface area contributed by atoms with Crippen LogP contribution in [-0.4, -0.2) is 18.4 Å². The number of hydrogen-bond donors (Lipinski definition) is 1. The van der Waals surface area contributed by atoms with E-state index < -0.39 is 5.41 Å². The Morgan fingerprint density at radius 1 is 1.00 bits per heavy atom. The minimum absolute atomic E-state index is 0.214. The quantitative estimate of drug-likeness (QED) is 0.798. The van der Waals surface area contributed by atoms with E-state index in [1.54, 1.807) is 18.7 Å². The smallest absolute Gasteiger partial charge is 0.242 e. The number of para-hydroxylation sites is 1. The van der Waals surface area contributed by atoms with Crippen molar-refractivity contribution >= 4 is 23.2 Å². The maximum absolute atomic E-state index is 13.2. The highest BCUT2D eigenvalue weighted by Crippen LogP contribution is 2.28. The molecule has 0 unspecified atom stereocenters. The number of rotatable bonds is 5. The zero-order chi connectivity index (χ0) is 19.5. The summed E-state index contributed by atoms with van der Waals surface area (Å²) in [5.41, 5.74) is 3.43. The van der Waals surface area contributed by atoms with E-state index in [2.05, 4.69) is 5.32 Å². The lowest BCUT2D eigenvalue weighted by Gasteiger charge is -2.31. The highest BCUT2D eigenvalue weighted by atomic mass is 16.2. The first-order valence-corrected chi connectivity index (χ1v) is 8.94. The standard InChI is InChI=1S/C22H28N2O2/c1-7-24(18-13-8-10-15(2)14-18)21(26)22(5,6)20(25)23-19-16(3)11-9-12-17(19)4/h8-14H,7H2,1-6H3,(H,23,25). The summed E-state index contributed by atoms with van der Waals surface area (Å²) >= 11 is 0. The molecule has 26 heavy (non-hydrogen) atoms. The van der Waals surface area contributed by atoms with E-state index in [9.17, 15) is 9.59 Å². The first-order valence-electron chi connectivity index (χ1n) is 8.94. The van der Waals surface area contributed by atoms with Crippen LogP contribution in [0.15, 0.2) is 42.5 Å². The van der Waals surface area contributed by atoms with Gasteiger partial charge in [-0.3, -0.25) is 9.59 Å². The van der Waals surface area contributed by atoms with Gasteiger partial charge >= 0.3 is 0 Å². The van der Waals surface area contributed by atoms with Gasteiger partial charge in [-0.15, -0.1) is 0 Å². The fourth-order valence-electron chi connectivity index (χ4n) is 2.96. The Bertz CT molecular complexity index is 804. The van der Waals surface area contributed by atoms with Crippen LogP contribution in [0.3, 0.4) is 0 Å². The molecule has 0 bridgehead atoms. The van der Waals surface area contributed by atoms with Crippen molar-refractivity contribution in [3.8, 4) is 0 Å². The highest BCUT2D eigenvalue weighted by molar-refractivity contribution is 6.15. The topological polar surface area (TPSA) is 49.4 Å². The van der Waals surface area contributed by atoms with Crippen molar-refractivity contribution in [3.63, 3.8) is 0 Å². The zero-order valence-corrected chi connectivity index (χ0v) is 16.5. The van der Waals surface area contributed by atoms with Crippen molar-refractivity contribution in [2.45, 2.75) is 41.5 Å². The summed E-state index contributed by atoms with van der Waals surface area (Å²) in [5.74, 6) is -0.514. The lowest BCUT2D eigenvalue weighted by atomic mass is 9.89. The van der Waals surface area contributed by atoms with Crippen molar-refractivity contribution in [1.82, 2.24) is 0 Å². The minimum Gasteiger partial charge on any atom is -0.325 e. The molecule has 0 aliphatic rings. The minimum atomic E-state index is -1.19. The van der Waals surface area contributed by atoms with Gasteiger partial charge in [0.25, 0.3) is 0 Å². The van der Waals surface area contributed by atoms with E-state index in [0.29, 0.717) is 6.54 Å². The molecule has 0 aliphatic heterocycles. The van der Waals surface area contributed by atoms with E-state index in [4.69, 9.17) is 0 Å². The van der Waals surface area contributed by atoms with E-state index in [1.165, 1.54) is 0 Å². The van der Waals surface area contributed by atoms with Gasteiger partial charge in [-0.2, -0.15) is 0 Å². The molecule has 2 aromatic rings. The maximum atomic E-state index is 13.2. The molecule has 4 heteroatoms. The summed E-state index contributed by atoms with van der Waals surface area (Å²) < 4.78 is 0. The van der Waals surface area contributed by atoms with Crippen molar-refractivity contribution in [2.75, 3.05) is 16.8 Å². The molecule has 0 saturated carbocycles. The van der Waals surface area contributed by atoms with Gasteiger partial charge in [0.05, 0.1) is 0 Å². The first kappa shape index (κ1) is 19.7. The predicted octanol–water partition coefficient (Wildman–Crippen LogP) is 4.63. The largest absolute Gasteiger partial charge is 0.325 e. The average molecular weight is 352 g/mol. The molecule has 0 fully saturated rings. The maximum Gasteiger partial charge on any atom is 0.242 e. The second-order valence-corrected chi connectivity index (χ2v) is 7.23. The summed E-state index contributed by atoms with van der Waals surface area (Å²) in [4.78, 5) is 27.8. The lowest BCUT2D eigenvalue weighted by molar-refractivity contribution is -0.136. The molecule has 0 saturated heterocycles. The molecule has 138 valence electrons. The lowest BCUT2D eigenvalue weighted by Crippen LogP contribution is -2.47. The summed E-state index contributed by atoms with van der Waals surface area (Å²) in [5, 5.41) is 2.96. The average Bonchev–Trinajstić information content (AvgIpc) is 2.58. The van der Waals surface area contributed by atoms with Crippen LogP contribution in [0.1, 0.15) is 37.5 Å². The van der Waals surface area contributed by atoms with Crippen LogP contribution in [0, 0.1) is 26.2 Å². The molecule has 0 aromatic heterocycles. The molecular formula is C22H28N2O2. The number of carbonyl (C=O) groups excluding carboxylic acids is 2.